The zero-order chi connectivity index (χ0) is 9.84. The van der Waals surface area contributed by atoms with Gasteiger partial charge in [0, 0.05) is 0 Å². The largest absolute Gasteiger partial charge is 0.467 e. The molecule has 5 nitrogen and oxygen atoms in total. The SMILES string of the molecule is COC(=O)[C@@H]1CC[C@H](C(=O)OC)O1. The monoisotopic (exact) mass is 188 g/mol. The maximum Gasteiger partial charge on any atom is 0.335 e. The normalized spacial score (nSPS) is 26.9. The Bertz CT molecular complexity index is 191. The van der Waals surface area contributed by atoms with Crippen molar-refractivity contribution in [2.75, 3.05) is 14.2 Å². The van der Waals surface area contributed by atoms with E-state index < -0.39 is 24.1 Å². The van der Waals surface area contributed by atoms with Crippen LogP contribution in [0.25, 0.3) is 0 Å². The quantitative estimate of drug-likeness (QED) is 0.565. The van der Waals surface area contributed by atoms with Crippen LogP contribution in [-0.2, 0) is 23.8 Å². The summed E-state index contributed by atoms with van der Waals surface area (Å²) in [7, 11) is 2.58. The summed E-state index contributed by atoms with van der Waals surface area (Å²) in [5, 5.41) is 0. The van der Waals surface area contributed by atoms with E-state index >= 15 is 0 Å². The van der Waals surface area contributed by atoms with Crippen molar-refractivity contribution in [3.8, 4) is 0 Å². The number of carbonyl (C=O) groups is 2. The molecule has 0 bridgehead atoms. The van der Waals surface area contributed by atoms with Gasteiger partial charge in [0.2, 0.25) is 0 Å². The number of carbonyl (C=O) groups excluding carboxylic acids is 2. The third-order valence-corrected chi connectivity index (χ3v) is 1.95. The van der Waals surface area contributed by atoms with Gasteiger partial charge in [-0.05, 0) is 12.8 Å². The summed E-state index contributed by atoms with van der Waals surface area (Å²) < 4.78 is 14.1. The molecule has 0 aromatic rings. The van der Waals surface area contributed by atoms with Crippen LogP contribution in [0.2, 0.25) is 0 Å². The van der Waals surface area contributed by atoms with E-state index in [9.17, 15) is 9.59 Å². The van der Waals surface area contributed by atoms with Crippen LogP contribution in [0.15, 0.2) is 0 Å². The molecule has 1 aliphatic heterocycles. The van der Waals surface area contributed by atoms with Gasteiger partial charge in [-0.2, -0.15) is 0 Å². The van der Waals surface area contributed by atoms with Crippen molar-refractivity contribution in [2.45, 2.75) is 25.0 Å². The molecule has 1 rings (SSSR count). The first-order chi connectivity index (χ1) is 6.19. The highest BCUT2D eigenvalue weighted by molar-refractivity contribution is 5.78. The maximum absolute atomic E-state index is 11.0. The fraction of sp³-hybridized carbons (Fsp3) is 0.750. The first kappa shape index (κ1) is 9.98. The zero-order valence-corrected chi connectivity index (χ0v) is 7.61. The van der Waals surface area contributed by atoms with E-state index in [1.165, 1.54) is 14.2 Å². The smallest absolute Gasteiger partial charge is 0.335 e. The van der Waals surface area contributed by atoms with Gasteiger partial charge < -0.3 is 14.2 Å². The molecule has 0 unspecified atom stereocenters. The second-order valence-electron chi connectivity index (χ2n) is 2.74. The molecule has 1 heterocycles. The highest BCUT2D eigenvalue weighted by atomic mass is 16.6. The number of rotatable bonds is 2. The van der Waals surface area contributed by atoms with Crippen LogP contribution < -0.4 is 0 Å². The molecule has 0 radical (unpaired) electrons. The molecule has 1 saturated heterocycles. The summed E-state index contributed by atoms with van der Waals surface area (Å²) in [6, 6.07) is 0. The lowest BCUT2D eigenvalue weighted by molar-refractivity contribution is -0.161. The van der Waals surface area contributed by atoms with Gasteiger partial charge in [-0.15, -0.1) is 0 Å². The standard InChI is InChI=1S/C8H12O5/c1-11-7(9)5-3-4-6(13-5)8(10)12-2/h5-6H,3-4H2,1-2H3/t5-,6+. The summed E-state index contributed by atoms with van der Waals surface area (Å²) in [4.78, 5) is 21.9. The van der Waals surface area contributed by atoms with Gasteiger partial charge in [-0.3, -0.25) is 0 Å². The van der Waals surface area contributed by atoms with Crippen LogP contribution in [0.1, 0.15) is 12.8 Å². The second-order valence-corrected chi connectivity index (χ2v) is 2.74. The molecule has 74 valence electrons. The lowest BCUT2D eigenvalue weighted by atomic mass is 10.2. The average Bonchev–Trinajstić information content (AvgIpc) is 2.64. The lowest BCUT2D eigenvalue weighted by Crippen LogP contribution is -2.26. The number of esters is 2. The number of hydrogen-bond donors (Lipinski definition) is 0. The van der Waals surface area contributed by atoms with E-state index in [2.05, 4.69) is 9.47 Å². The van der Waals surface area contributed by atoms with Crippen molar-refractivity contribution in [3.63, 3.8) is 0 Å². The molecule has 5 heteroatoms. The topological polar surface area (TPSA) is 61.8 Å². The zero-order valence-electron chi connectivity index (χ0n) is 7.61. The Morgan fingerprint density at radius 2 is 1.46 bits per heavy atom. The summed E-state index contributed by atoms with van der Waals surface area (Å²) in [6.07, 6.45) is -0.220. The molecule has 0 N–H and O–H groups in total. The summed E-state index contributed by atoms with van der Waals surface area (Å²) in [5.41, 5.74) is 0. The van der Waals surface area contributed by atoms with E-state index in [0.717, 1.165) is 0 Å². The van der Waals surface area contributed by atoms with Gasteiger partial charge in [0.05, 0.1) is 14.2 Å². The average molecular weight is 188 g/mol. The van der Waals surface area contributed by atoms with Gasteiger partial charge in [-0.25, -0.2) is 9.59 Å². The van der Waals surface area contributed by atoms with Crippen molar-refractivity contribution in [1.29, 1.82) is 0 Å². The number of hydrogen-bond acceptors (Lipinski definition) is 5. The Labute approximate surface area is 76.0 Å². The van der Waals surface area contributed by atoms with Gasteiger partial charge >= 0.3 is 11.9 Å². The molecular formula is C8H12O5. The molecule has 0 spiro atoms. The fourth-order valence-corrected chi connectivity index (χ4v) is 1.25. The van der Waals surface area contributed by atoms with Crippen molar-refractivity contribution in [2.24, 2.45) is 0 Å². The predicted octanol–water partition coefficient (Wildman–Crippen LogP) is -0.120. The number of methoxy groups -OCH3 is 2. The molecule has 1 aliphatic rings. The summed E-state index contributed by atoms with van der Waals surface area (Å²) in [5.74, 6) is -0.877. The van der Waals surface area contributed by atoms with Crippen LogP contribution >= 0.6 is 0 Å². The Hall–Kier alpha value is -1.10. The predicted molar refractivity (Wildman–Crippen MR) is 41.9 cm³/mol. The van der Waals surface area contributed by atoms with Crippen molar-refractivity contribution >= 4 is 11.9 Å². The van der Waals surface area contributed by atoms with E-state index in [-0.39, 0.29) is 0 Å². The van der Waals surface area contributed by atoms with Crippen LogP contribution in [0.3, 0.4) is 0 Å². The summed E-state index contributed by atoms with van der Waals surface area (Å²) in [6.45, 7) is 0. The van der Waals surface area contributed by atoms with Crippen LogP contribution in [0.4, 0.5) is 0 Å². The summed E-state index contributed by atoms with van der Waals surface area (Å²) >= 11 is 0. The minimum absolute atomic E-state index is 0.439. The second kappa shape index (κ2) is 4.23. The molecule has 13 heavy (non-hydrogen) atoms. The van der Waals surface area contributed by atoms with Crippen LogP contribution in [-0.4, -0.2) is 38.4 Å². The first-order valence-corrected chi connectivity index (χ1v) is 4.00. The molecule has 0 aromatic carbocycles. The molecule has 0 amide bonds. The molecule has 1 fully saturated rings. The maximum atomic E-state index is 11.0. The van der Waals surface area contributed by atoms with Gasteiger partial charge in [-0.1, -0.05) is 0 Å². The molecule has 0 aromatic heterocycles. The Morgan fingerprint density at radius 3 is 1.77 bits per heavy atom. The minimum Gasteiger partial charge on any atom is -0.467 e. The molecule has 0 saturated carbocycles. The Balaban J connectivity index is 2.44. The van der Waals surface area contributed by atoms with Crippen molar-refractivity contribution in [1.82, 2.24) is 0 Å². The highest BCUT2D eigenvalue weighted by Gasteiger charge is 2.35. The number of ether oxygens (including phenoxy) is 3. The van der Waals surface area contributed by atoms with Crippen LogP contribution in [0.5, 0.6) is 0 Å². The third kappa shape index (κ3) is 2.18. The van der Waals surface area contributed by atoms with Crippen molar-refractivity contribution < 1.29 is 23.8 Å². The van der Waals surface area contributed by atoms with E-state index in [1.807, 2.05) is 0 Å². The van der Waals surface area contributed by atoms with Gasteiger partial charge in [0.25, 0.3) is 0 Å². The lowest BCUT2D eigenvalue weighted by Gasteiger charge is -2.09. The van der Waals surface area contributed by atoms with Gasteiger partial charge in [0.15, 0.2) is 12.2 Å². The molecular weight excluding hydrogens is 176 g/mol. The highest BCUT2D eigenvalue weighted by Crippen LogP contribution is 2.21. The minimum atomic E-state index is -0.617. The van der Waals surface area contributed by atoms with E-state index in [0.29, 0.717) is 12.8 Å². The first-order valence-electron chi connectivity index (χ1n) is 4.00. The molecule has 0 aliphatic carbocycles. The van der Waals surface area contributed by atoms with Gasteiger partial charge in [0.1, 0.15) is 0 Å². The van der Waals surface area contributed by atoms with Crippen molar-refractivity contribution in [3.05, 3.63) is 0 Å². The van der Waals surface area contributed by atoms with E-state index in [4.69, 9.17) is 4.74 Å². The van der Waals surface area contributed by atoms with Crippen LogP contribution in [0, 0.1) is 0 Å². The Kier molecular flexibility index (Phi) is 3.25. The Morgan fingerprint density at radius 1 is 1.08 bits per heavy atom. The molecule has 2 atom stereocenters. The van der Waals surface area contributed by atoms with E-state index in [1.54, 1.807) is 0 Å². The third-order valence-electron chi connectivity index (χ3n) is 1.95. The fourth-order valence-electron chi connectivity index (χ4n) is 1.25.